The molecule has 0 bridgehead atoms. The number of anilines is 1. The van der Waals surface area contributed by atoms with Gasteiger partial charge in [-0.05, 0) is 44.2 Å². The zero-order chi connectivity index (χ0) is 17.4. The molecule has 1 amide bonds. The van der Waals surface area contributed by atoms with Gasteiger partial charge in [-0.1, -0.05) is 0 Å². The Hall–Kier alpha value is -2.93. The number of carbonyl (C=O) groups is 1. The summed E-state index contributed by atoms with van der Waals surface area (Å²) in [6, 6.07) is 5.87. The van der Waals surface area contributed by atoms with Crippen molar-refractivity contribution in [2.75, 3.05) is 18.0 Å². The highest BCUT2D eigenvalue weighted by Gasteiger charge is 2.38. The maximum Gasteiger partial charge on any atom is 0.240 e. The second kappa shape index (κ2) is 6.18. The molecule has 2 aliphatic heterocycles. The van der Waals surface area contributed by atoms with E-state index in [9.17, 15) is 4.79 Å². The number of fused-ring (bicyclic) bond motifs is 3. The van der Waals surface area contributed by atoms with Crippen LogP contribution in [-0.4, -0.2) is 29.7 Å². The summed E-state index contributed by atoms with van der Waals surface area (Å²) in [6.07, 6.45) is 5.74. The van der Waals surface area contributed by atoms with Crippen LogP contribution in [0.1, 0.15) is 18.9 Å². The molecule has 128 valence electrons. The fourth-order valence-corrected chi connectivity index (χ4v) is 3.25. The topological polar surface area (TPSA) is 96.8 Å². The number of hydrazone groups is 1. The lowest BCUT2D eigenvalue weighted by atomic mass is 9.86. The molecule has 4 rings (SSSR count). The number of hydrogen-bond donors (Lipinski definition) is 2. The van der Waals surface area contributed by atoms with Gasteiger partial charge in [0.05, 0.1) is 17.6 Å². The van der Waals surface area contributed by atoms with E-state index in [1.54, 1.807) is 6.20 Å². The molecule has 7 heteroatoms. The molecule has 7 nitrogen and oxygen atoms in total. The van der Waals surface area contributed by atoms with Crippen molar-refractivity contribution in [3.05, 3.63) is 48.1 Å². The predicted octanol–water partition coefficient (Wildman–Crippen LogP) is 1.86. The van der Waals surface area contributed by atoms with Crippen molar-refractivity contribution in [3.8, 4) is 11.3 Å². The number of nitrogens with zero attached hydrogens (tertiary/aromatic N) is 3. The second-order valence-corrected chi connectivity index (χ2v) is 6.17. The molecule has 2 aliphatic rings. The molecule has 0 spiro atoms. The highest BCUT2D eigenvalue weighted by molar-refractivity contribution is 6.25. The van der Waals surface area contributed by atoms with E-state index in [0.29, 0.717) is 18.8 Å². The van der Waals surface area contributed by atoms with Crippen LogP contribution in [0.5, 0.6) is 0 Å². The Morgan fingerprint density at radius 3 is 3.04 bits per heavy atom. The number of oxazole rings is 1. The molecular weight excluding hydrogens is 318 g/mol. The lowest BCUT2D eigenvalue weighted by Crippen LogP contribution is -2.46. The van der Waals surface area contributed by atoms with Gasteiger partial charge >= 0.3 is 0 Å². The van der Waals surface area contributed by atoms with Crippen LogP contribution >= 0.6 is 0 Å². The third-order valence-corrected chi connectivity index (χ3v) is 4.46. The largest absolute Gasteiger partial charge is 0.444 e. The average Bonchev–Trinajstić information content (AvgIpc) is 3.16. The van der Waals surface area contributed by atoms with Gasteiger partial charge in [-0.3, -0.25) is 10.2 Å². The van der Waals surface area contributed by atoms with Crippen molar-refractivity contribution in [1.29, 1.82) is 0 Å². The van der Waals surface area contributed by atoms with Crippen molar-refractivity contribution in [1.82, 2.24) is 10.4 Å². The first kappa shape index (κ1) is 15.6. The Labute approximate surface area is 145 Å². The average molecular weight is 337 g/mol. The quantitative estimate of drug-likeness (QED) is 0.888. The van der Waals surface area contributed by atoms with Gasteiger partial charge in [-0.15, -0.1) is 0 Å². The maximum atomic E-state index is 13.0. The monoisotopic (exact) mass is 337 g/mol. The highest BCUT2D eigenvalue weighted by Crippen LogP contribution is 2.36. The number of rotatable bonds is 4. The van der Waals surface area contributed by atoms with E-state index in [0.717, 1.165) is 34.6 Å². The van der Waals surface area contributed by atoms with E-state index < -0.39 is 0 Å². The van der Waals surface area contributed by atoms with Gasteiger partial charge in [0.25, 0.3) is 0 Å². The normalized spacial score (nSPS) is 18.9. The predicted molar refractivity (Wildman–Crippen MR) is 94.9 cm³/mol. The lowest BCUT2D eigenvalue weighted by Gasteiger charge is -2.35. The third kappa shape index (κ3) is 2.62. The summed E-state index contributed by atoms with van der Waals surface area (Å²) in [5, 5.41) is 4.44. The van der Waals surface area contributed by atoms with Crippen LogP contribution in [0.3, 0.4) is 0 Å². The molecule has 0 radical (unpaired) electrons. The summed E-state index contributed by atoms with van der Waals surface area (Å²) in [4.78, 5) is 18.8. The first-order valence-corrected chi connectivity index (χ1v) is 8.26. The first-order valence-electron chi connectivity index (χ1n) is 8.26. The number of hydrogen-bond acceptors (Lipinski definition) is 6. The molecule has 1 aromatic carbocycles. The smallest absolute Gasteiger partial charge is 0.240 e. The molecule has 1 atom stereocenters. The molecule has 2 aromatic rings. The molecule has 0 aliphatic carbocycles. The minimum Gasteiger partial charge on any atom is -0.444 e. The van der Waals surface area contributed by atoms with E-state index in [4.69, 9.17) is 10.2 Å². The number of aromatic nitrogens is 1. The molecule has 0 fully saturated rings. The van der Waals surface area contributed by atoms with Crippen LogP contribution < -0.4 is 16.1 Å². The first-order chi connectivity index (χ1) is 12.2. The number of nitrogens with one attached hydrogen (secondary N) is 1. The van der Waals surface area contributed by atoms with Gasteiger partial charge in [0, 0.05) is 23.4 Å². The van der Waals surface area contributed by atoms with Gasteiger partial charge in [-0.25, -0.2) is 4.98 Å². The standard InChI is InChI=1S/C18H19N5O2/c1-11-7-14-17(22-21-11)13-8-12(16-9-20-10-25-16)3-4-15(13)23(18(14)24)6-2-5-19/h3-4,7-10,14,21H,2,5-6,19H2,1H3. The SMILES string of the molecule is CC1=CC2C(=O)N(CCCN)c3ccc(-c4cnco4)cc3C2=NN1. The van der Waals surface area contributed by atoms with E-state index in [2.05, 4.69) is 15.5 Å². The fourth-order valence-electron chi connectivity index (χ4n) is 3.25. The summed E-state index contributed by atoms with van der Waals surface area (Å²) >= 11 is 0. The van der Waals surface area contributed by atoms with Gasteiger partial charge in [-0.2, -0.15) is 5.10 Å². The number of amides is 1. The van der Waals surface area contributed by atoms with Crippen LogP contribution in [-0.2, 0) is 4.79 Å². The summed E-state index contributed by atoms with van der Waals surface area (Å²) in [6.45, 7) is 3.03. The number of carbonyl (C=O) groups excluding carboxylic acids is 1. The van der Waals surface area contributed by atoms with E-state index in [-0.39, 0.29) is 11.8 Å². The van der Waals surface area contributed by atoms with E-state index in [1.807, 2.05) is 36.1 Å². The Kier molecular flexibility index (Phi) is 3.85. The molecule has 1 unspecified atom stereocenters. The highest BCUT2D eigenvalue weighted by atomic mass is 16.3. The summed E-state index contributed by atoms with van der Waals surface area (Å²) < 4.78 is 5.40. The Morgan fingerprint density at radius 2 is 2.28 bits per heavy atom. The Morgan fingerprint density at radius 1 is 1.40 bits per heavy atom. The van der Waals surface area contributed by atoms with Crippen molar-refractivity contribution < 1.29 is 9.21 Å². The molecule has 25 heavy (non-hydrogen) atoms. The van der Waals surface area contributed by atoms with Gasteiger partial charge in [0.1, 0.15) is 5.92 Å². The maximum absolute atomic E-state index is 13.0. The molecule has 3 heterocycles. The van der Waals surface area contributed by atoms with E-state index >= 15 is 0 Å². The van der Waals surface area contributed by atoms with Crippen molar-refractivity contribution in [2.45, 2.75) is 13.3 Å². The third-order valence-electron chi connectivity index (χ3n) is 4.46. The van der Waals surface area contributed by atoms with Crippen LogP contribution in [0, 0.1) is 5.92 Å². The van der Waals surface area contributed by atoms with Gasteiger partial charge < -0.3 is 15.1 Å². The van der Waals surface area contributed by atoms with E-state index in [1.165, 1.54) is 6.39 Å². The fraction of sp³-hybridized carbons (Fsp3) is 0.278. The van der Waals surface area contributed by atoms with Crippen LogP contribution in [0.15, 0.2) is 52.1 Å². The lowest BCUT2D eigenvalue weighted by molar-refractivity contribution is -0.119. The van der Waals surface area contributed by atoms with Crippen LogP contribution in [0.4, 0.5) is 5.69 Å². The number of nitrogens with two attached hydrogens (primary N) is 1. The minimum atomic E-state index is -0.378. The van der Waals surface area contributed by atoms with Gasteiger partial charge in [0.2, 0.25) is 5.91 Å². The number of benzene rings is 1. The minimum absolute atomic E-state index is 0.0352. The molecule has 1 aromatic heterocycles. The molecule has 3 N–H and O–H groups in total. The Bertz CT molecular complexity index is 870. The number of allylic oxidation sites excluding steroid dienone is 1. The summed E-state index contributed by atoms with van der Waals surface area (Å²) in [7, 11) is 0. The van der Waals surface area contributed by atoms with Crippen molar-refractivity contribution >= 4 is 17.3 Å². The zero-order valence-electron chi connectivity index (χ0n) is 13.9. The van der Waals surface area contributed by atoms with Crippen molar-refractivity contribution in [3.63, 3.8) is 0 Å². The van der Waals surface area contributed by atoms with Crippen LogP contribution in [0.25, 0.3) is 11.3 Å². The molecule has 0 saturated heterocycles. The zero-order valence-corrected chi connectivity index (χ0v) is 13.9. The van der Waals surface area contributed by atoms with Gasteiger partial charge in [0.15, 0.2) is 12.2 Å². The van der Waals surface area contributed by atoms with Crippen molar-refractivity contribution in [2.24, 2.45) is 16.8 Å². The summed E-state index contributed by atoms with van der Waals surface area (Å²) in [5.74, 6) is 0.338. The second-order valence-electron chi connectivity index (χ2n) is 6.17. The Balaban J connectivity index is 1.84. The van der Waals surface area contributed by atoms with Crippen LogP contribution in [0.2, 0.25) is 0 Å². The molecular formula is C18H19N5O2. The molecule has 0 saturated carbocycles. The summed E-state index contributed by atoms with van der Waals surface area (Å²) in [5.41, 5.74) is 12.9.